The van der Waals surface area contributed by atoms with Crippen molar-refractivity contribution in [1.29, 1.82) is 0 Å². The normalized spacial score (nSPS) is 19.2. The SMILES string of the molecule is CC(=O)c1cccc(N2C(=O)C3CN(CCOc4ccc(F)cc4)CCN3C2=O)c1. The molecule has 0 bridgehead atoms. The lowest BCUT2D eigenvalue weighted by Gasteiger charge is -2.35. The van der Waals surface area contributed by atoms with E-state index in [0.717, 1.165) is 4.90 Å². The zero-order valence-corrected chi connectivity index (χ0v) is 16.6. The maximum Gasteiger partial charge on any atom is 0.332 e. The second-order valence-corrected chi connectivity index (χ2v) is 7.37. The fraction of sp³-hybridized carbons (Fsp3) is 0.318. The largest absolute Gasteiger partial charge is 0.492 e. The van der Waals surface area contributed by atoms with E-state index in [4.69, 9.17) is 4.74 Å². The number of fused-ring (bicyclic) bond motifs is 1. The van der Waals surface area contributed by atoms with Crippen molar-refractivity contribution in [3.8, 4) is 5.75 Å². The average molecular weight is 411 g/mol. The van der Waals surface area contributed by atoms with E-state index in [2.05, 4.69) is 4.90 Å². The summed E-state index contributed by atoms with van der Waals surface area (Å²) in [7, 11) is 0. The van der Waals surface area contributed by atoms with Crippen LogP contribution in [-0.4, -0.2) is 66.3 Å². The first-order valence-electron chi connectivity index (χ1n) is 9.80. The first-order chi connectivity index (χ1) is 14.4. The second kappa shape index (κ2) is 8.23. The van der Waals surface area contributed by atoms with Crippen LogP contribution in [0.15, 0.2) is 48.5 Å². The van der Waals surface area contributed by atoms with Crippen LogP contribution in [0.1, 0.15) is 17.3 Å². The van der Waals surface area contributed by atoms with Gasteiger partial charge in [0.2, 0.25) is 0 Å². The van der Waals surface area contributed by atoms with Crippen LogP contribution in [0, 0.1) is 5.82 Å². The minimum atomic E-state index is -0.557. The molecule has 1 atom stereocenters. The summed E-state index contributed by atoms with van der Waals surface area (Å²) in [6.45, 7) is 3.91. The van der Waals surface area contributed by atoms with Gasteiger partial charge < -0.3 is 9.64 Å². The number of urea groups is 1. The lowest BCUT2D eigenvalue weighted by Crippen LogP contribution is -2.53. The van der Waals surface area contributed by atoms with Crippen LogP contribution in [-0.2, 0) is 4.79 Å². The van der Waals surface area contributed by atoms with E-state index < -0.39 is 6.04 Å². The fourth-order valence-corrected chi connectivity index (χ4v) is 3.78. The number of ether oxygens (including phenoxy) is 1. The molecular weight excluding hydrogens is 389 g/mol. The second-order valence-electron chi connectivity index (χ2n) is 7.37. The van der Waals surface area contributed by atoms with Gasteiger partial charge in [0.05, 0.1) is 5.69 Å². The van der Waals surface area contributed by atoms with Gasteiger partial charge in [-0.25, -0.2) is 14.1 Å². The van der Waals surface area contributed by atoms with Crippen LogP contribution in [0.4, 0.5) is 14.9 Å². The van der Waals surface area contributed by atoms with Crippen LogP contribution in [0.2, 0.25) is 0 Å². The van der Waals surface area contributed by atoms with E-state index in [9.17, 15) is 18.8 Å². The summed E-state index contributed by atoms with van der Waals surface area (Å²) in [4.78, 5) is 42.3. The molecular formula is C22H22FN3O4. The van der Waals surface area contributed by atoms with Gasteiger partial charge in [0.1, 0.15) is 24.2 Å². The molecule has 2 aliphatic heterocycles. The van der Waals surface area contributed by atoms with E-state index in [0.29, 0.717) is 49.8 Å². The summed E-state index contributed by atoms with van der Waals surface area (Å²) < 4.78 is 18.6. The summed E-state index contributed by atoms with van der Waals surface area (Å²) in [5.41, 5.74) is 0.871. The number of amides is 3. The number of Topliss-reactive ketones (excluding diaryl/α,β-unsaturated/α-hetero) is 1. The highest BCUT2D eigenvalue weighted by atomic mass is 19.1. The molecule has 7 nitrogen and oxygen atoms in total. The first-order valence-corrected chi connectivity index (χ1v) is 9.80. The molecule has 2 aromatic rings. The molecule has 3 amide bonds. The van der Waals surface area contributed by atoms with Crippen LogP contribution in [0.3, 0.4) is 0 Å². The van der Waals surface area contributed by atoms with Crippen molar-refractivity contribution in [1.82, 2.24) is 9.80 Å². The van der Waals surface area contributed by atoms with Crippen molar-refractivity contribution in [3.63, 3.8) is 0 Å². The molecule has 0 aromatic heterocycles. The first kappa shape index (κ1) is 20.0. The highest BCUT2D eigenvalue weighted by Crippen LogP contribution is 2.28. The van der Waals surface area contributed by atoms with Gasteiger partial charge in [-0.3, -0.25) is 14.5 Å². The Morgan fingerprint density at radius 2 is 1.90 bits per heavy atom. The minimum absolute atomic E-state index is 0.124. The van der Waals surface area contributed by atoms with Gasteiger partial charge in [0.15, 0.2) is 5.78 Å². The molecule has 4 rings (SSSR count). The number of hydrogen-bond acceptors (Lipinski definition) is 5. The number of anilines is 1. The molecule has 2 heterocycles. The highest BCUT2D eigenvalue weighted by Gasteiger charge is 2.48. The number of piperazine rings is 1. The molecule has 156 valence electrons. The third-order valence-corrected chi connectivity index (χ3v) is 5.41. The van der Waals surface area contributed by atoms with Gasteiger partial charge in [-0.1, -0.05) is 12.1 Å². The van der Waals surface area contributed by atoms with Crippen molar-refractivity contribution < 1.29 is 23.5 Å². The summed E-state index contributed by atoms with van der Waals surface area (Å²) in [6, 6.07) is 11.5. The van der Waals surface area contributed by atoms with Crippen LogP contribution < -0.4 is 9.64 Å². The Bertz CT molecular complexity index is 979. The summed E-state index contributed by atoms with van der Waals surface area (Å²) >= 11 is 0. The molecule has 2 saturated heterocycles. The summed E-state index contributed by atoms with van der Waals surface area (Å²) in [5, 5.41) is 0. The molecule has 2 aromatic carbocycles. The number of nitrogens with zero attached hydrogens (tertiary/aromatic N) is 3. The number of benzene rings is 2. The molecule has 1 unspecified atom stereocenters. The maximum absolute atomic E-state index is 13.0. The maximum atomic E-state index is 13.0. The number of carbonyl (C=O) groups excluding carboxylic acids is 3. The predicted octanol–water partition coefficient (Wildman–Crippen LogP) is 2.56. The van der Waals surface area contributed by atoms with E-state index in [1.165, 1.54) is 19.1 Å². The zero-order chi connectivity index (χ0) is 21.3. The van der Waals surface area contributed by atoms with Gasteiger partial charge in [-0.15, -0.1) is 0 Å². The Kier molecular flexibility index (Phi) is 5.50. The van der Waals surface area contributed by atoms with E-state index in [1.807, 2.05) is 0 Å². The lowest BCUT2D eigenvalue weighted by atomic mass is 10.1. The number of imide groups is 1. The smallest absolute Gasteiger partial charge is 0.332 e. The van der Waals surface area contributed by atoms with E-state index in [-0.39, 0.29) is 23.5 Å². The Balaban J connectivity index is 1.39. The number of hydrogen-bond donors (Lipinski definition) is 0. The average Bonchev–Trinajstić information content (AvgIpc) is 2.99. The lowest BCUT2D eigenvalue weighted by molar-refractivity contribution is -0.121. The number of carbonyl (C=O) groups is 3. The van der Waals surface area contributed by atoms with Crippen molar-refractivity contribution >= 4 is 23.4 Å². The third-order valence-electron chi connectivity index (χ3n) is 5.41. The van der Waals surface area contributed by atoms with Crippen LogP contribution in [0.5, 0.6) is 5.75 Å². The Morgan fingerprint density at radius 1 is 1.13 bits per heavy atom. The standard InChI is InChI=1S/C22H22FN3O4/c1-15(27)16-3-2-4-18(13-16)26-21(28)20-14-24(9-10-25(20)22(26)29)11-12-30-19-7-5-17(23)6-8-19/h2-8,13,20H,9-12,14H2,1H3. The van der Waals surface area contributed by atoms with Gasteiger partial charge in [0, 0.05) is 31.7 Å². The number of rotatable bonds is 6. The fourth-order valence-electron chi connectivity index (χ4n) is 3.78. The molecule has 0 saturated carbocycles. The van der Waals surface area contributed by atoms with Crippen molar-refractivity contribution in [2.75, 3.05) is 37.7 Å². The molecule has 8 heteroatoms. The Hall–Kier alpha value is -3.26. The van der Waals surface area contributed by atoms with E-state index in [1.54, 1.807) is 41.3 Å². The van der Waals surface area contributed by atoms with Crippen molar-refractivity contribution in [2.45, 2.75) is 13.0 Å². The highest BCUT2D eigenvalue weighted by molar-refractivity contribution is 6.21. The van der Waals surface area contributed by atoms with Gasteiger partial charge in [-0.2, -0.15) is 0 Å². The third kappa shape index (κ3) is 3.91. The van der Waals surface area contributed by atoms with Crippen LogP contribution >= 0.6 is 0 Å². The number of ketones is 1. The molecule has 0 aliphatic carbocycles. The van der Waals surface area contributed by atoms with Gasteiger partial charge in [-0.05, 0) is 43.3 Å². The number of halogens is 1. The quantitative estimate of drug-likeness (QED) is 0.540. The van der Waals surface area contributed by atoms with Crippen molar-refractivity contribution in [2.24, 2.45) is 0 Å². The molecule has 2 fully saturated rings. The summed E-state index contributed by atoms with van der Waals surface area (Å²) in [6.07, 6.45) is 0. The molecule has 0 radical (unpaired) electrons. The van der Waals surface area contributed by atoms with Crippen LogP contribution in [0.25, 0.3) is 0 Å². The minimum Gasteiger partial charge on any atom is -0.492 e. The molecule has 2 aliphatic rings. The molecule has 0 spiro atoms. The summed E-state index contributed by atoms with van der Waals surface area (Å²) in [5.74, 6) is -0.147. The molecule has 30 heavy (non-hydrogen) atoms. The van der Waals surface area contributed by atoms with E-state index >= 15 is 0 Å². The van der Waals surface area contributed by atoms with Crippen molar-refractivity contribution in [3.05, 3.63) is 59.9 Å². The Morgan fingerprint density at radius 3 is 2.63 bits per heavy atom. The van der Waals surface area contributed by atoms with Gasteiger partial charge >= 0.3 is 6.03 Å². The topological polar surface area (TPSA) is 70.2 Å². The molecule has 0 N–H and O–H groups in total. The zero-order valence-electron chi connectivity index (χ0n) is 16.6. The Labute approximate surface area is 173 Å². The predicted molar refractivity (Wildman–Crippen MR) is 108 cm³/mol. The monoisotopic (exact) mass is 411 g/mol. The van der Waals surface area contributed by atoms with Gasteiger partial charge in [0.25, 0.3) is 5.91 Å².